The van der Waals surface area contributed by atoms with Crippen LogP contribution < -0.4 is 0 Å². The van der Waals surface area contributed by atoms with E-state index in [-0.39, 0.29) is 0 Å². The Morgan fingerprint density at radius 1 is 0.378 bits per heavy atom. The van der Waals surface area contributed by atoms with Crippen molar-refractivity contribution < 1.29 is 0 Å². The molecule has 0 saturated heterocycles. The predicted octanol–water partition coefficient (Wildman–Crippen LogP) is 9.55. The van der Waals surface area contributed by atoms with Gasteiger partial charge in [0.1, 0.15) is 5.82 Å². The smallest absolute Gasteiger partial charge is 0.145 e. The van der Waals surface area contributed by atoms with E-state index in [4.69, 9.17) is 4.98 Å². The second-order valence-corrected chi connectivity index (χ2v) is 10.9. The molecular weight excluding hydrogens is 550 g/mol. The van der Waals surface area contributed by atoms with Crippen LogP contribution in [0.3, 0.4) is 0 Å². The molecule has 0 amide bonds. The maximum Gasteiger partial charge on any atom is 0.145 e. The summed E-state index contributed by atoms with van der Waals surface area (Å²) >= 11 is 0. The lowest BCUT2D eigenvalue weighted by atomic mass is 9.91. The Hall–Kier alpha value is -6.20. The van der Waals surface area contributed by atoms with E-state index in [2.05, 4.69) is 117 Å². The highest BCUT2D eigenvalue weighted by Crippen LogP contribution is 2.38. The number of rotatable bonds is 6. The first-order valence-electron chi connectivity index (χ1n) is 14.9. The first-order chi connectivity index (χ1) is 22.3. The standard InChI is InChI=1S/C40H27N5/c1-2-12-37(13-3-1)45-39-15-5-4-14-38(39)44-40(45)36-23-33(30-11-8-18-43-27-30)22-35(24-36)34-20-31(28-9-6-16-41-25-28)19-32(21-34)29-10-7-17-42-26-29/h1-27H. The minimum atomic E-state index is 0.880. The highest BCUT2D eigenvalue weighted by atomic mass is 15.1. The van der Waals surface area contributed by atoms with E-state index in [1.54, 1.807) is 18.6 Å². The molecule has 0 saturated carbocycles. The number of aromatic nitrogens is 5. The van der Waals surface area contributed by atoms with Crippen molar-refractivity contribution >= 4 is 11.0 Å². The van der Waals surface area contributed by atoms with E-state index in [1.165, 1.54) is 0 Å². The second-order valence-electron chi connectivity index (χ2n) is 10.9. The SMILES string of the molecule is c1ccc(-n2c(-c3cc(-c4cccnc4)cc(-c4cc(-c5cccnc5)cc(-c5cccnc5)c4)c3)nc3ccccc32)cc1. The van der Waals surface area contributed by atoms with Gasteiger partial charge in [0.05, 0.1) is 11.0 Å². The van der Waals surface area contributed by atoms with E-state index in [9.17, 15) is 0 Å². The fraction of sp³-hybridized carbons (Fsp3) is 0. The summed E-state index contributed by atoms with van der Waals surface area (Å²) in [7, 11) is 0. The van der Waals surface area contributed by atoms with E-state index in [0.29, 0.717) is 0 Å². The third-order valence-electron chi connectivity index (χ3n) is 8.02. The summed E-state index contributed by atoms with van der Waals surface area (Å²) in [4.78, 5) is 18.4. The van der Waals surface area contributed by atoms with Crippen molar-refractivity contribution in [1.29, 1.82) is 0 Å². The summed E-state index contributed by atoms with van der Waals surface area (Å²) in [5.74, 6) is 0.880. The van der Waals surface area contributed by atoms with Crippen LogP contribution in [0.2, 0.25) is 0 Å². The quantitative estimate of drug-likeness (QED) is 0.197. The van der Waals surface area contributed by atoms with Gasteiger partial charge in [-0.05, 0) is 107 Å². The third-order valence-corrected chi connectivity index (χ3v) is 8.02. The lowest BCUT2D eigenvalue weighted by Crippen LogP contribution is -1.98. The van der Waals surface area contributed by atoms with Crippen molar-refractivity contribution in [3.8, 4) is 61.6 Å². The van der Waals surface area contributed by atoms with E-state index in [0.717, 1.165) is 72.6 Å². The molecule has 0 aliphatic heterocycles. The van der Waals surface area contributed by atoms with Crippen molar-refractivity contribution in [3.05, 3.63) is 165 Å². The van der Waals surface area contributed by atoms with Gasteiger partial charge >= 0.3 is 0 Å². The highest BCUT2D eigenvalue weighted by molar-refractivity contribution is 5.88. The van der Waals surface area contributed by atoms with Crippen molar-refractivity contribution in [2.45, 2.75) is 0 Å². The molecule has 0 aliphatic rings. The predicted molar refractivity (Wildman–Crippen MR) is 182 cm³/mol. The summed E-state index contributed by atoms with van der Waals surface area (Å²) in [6.07, 6.45) is 11.1. The fourth-order valence-corrected chi connectivity index (χ4v) is 5.88. The van der Waals surface area contributed by atoms with Crippen molar-refractivity contribution in [2.24, 2.45) is 0 Å². The minimum absolute atomic E-state index is 0.880. The van der Waals surface area contributed by atoms with Crippen molar-refractivity contribution in [1.82, 2.24) is 24.5 Å². The van der Waals surface area contributed by atoms with Gasteiger partial charge in [-0.25, -0.2) is 4.98 Å². The maximum atomic E-state index is 5.19. The minimum Gasteiger partial charge on any atom is -0.292 e. The average Bonchev–Trinajstić information content (AvgIpc) is 3.53. The van der Waals surface area contributed by atoms with E-state index < -0.39 is 0 Å². The van der Waals surface area contributed by atoms with Crippen LogP contribution in [-0.2, 0) is 0 Å². The molecule has 0 N–H and O–H groups in total. The Balaban J connectivity index is 1.40. The van der Waals surface area contributed by atoms with Crippen LogP contribution in [-0.4, -0.2) is 24.5 Å². The second kappa shape index (κ2) is 11.5. The molecule has 8 aromatic rings. The normalized spacial score (nSPS) is 11.1. The van der Waals surface area contributed by atoms with Gasteiger partial charge in [-0.3, -0.25) is 19.5 Å². The Morgan fingerprint density at radius 2 is 0.822 bits per heavy atom. The summed E-state index contributed by atoms with van der Waals surface area (Å²) in [5, 5.41) is 0. The zero-order valence-corrected chi connectivity index (χ0v) is 24.3. The van der Waals surface area contributed by atoms with Gasteiger partial charge in [-0.1, -0.05) is 48.5 Å². The number of fused-ring (bicyclic) bond motifs is 1. The summed E-state index contributed by atoms with van der Waals surface area (Å²) in [5.41, 5.74) is 12.6. The summed E-state index contributed by atoms with van der Waals surface area (Å²) in [6.45, 7) is 0. The molecule has 0 radical (unpaired) electrons. The van der Waals surface area contributed by atoms with Gasteiger partial charge < -0.3 is 0 Å². The van der Waals surface area contributed by atoms with Gasteiger partial charge in [0.2, 0.25) is 0 Å². The molecule has 212 valence electrons. The third kappa shape index (κ3) is 5.17. The Bertz CT molecular complexity index is 2190. The number of imidazole rings is 1. The molecule has 0 atom stereocenters. The fourth-order valence-electron chi connectivity index (χ4n) is 5.88. The number of para-hydroxylation sites is 3. The topological polar surface area (TPSA) is 56.5 Å². The lowest BCUT2D eigenvalue weighted by molar-refractivity contribution is 1.10. The number of nitrogens with zero attached hydrogens (tertiary/aromatic N) is 5. The van der Waals surface area contributed by atoms with Gasteiger partial charge in [0.25, 0.3) is 0 Å². The highest BCUT2D eigenvalue weighted by Gasteiger charge is 2.17. The van der Waals surface area contributed by atoms with Crippen LogP contribution in [0.5, 0.6) is 0 Å². The molecule has 4 heterocycles. The molecular formula is C40H27N5. The van der Waals surface area contributed by atoms with Crippen LogP contribution in [0.1, 0.15) is 0 Å². The monoisotopic (exact) mass is 577 g/mol. The number of benzene rings is 4. The average molecular weight is 578 g/mol. The van der Waals surface area contributed by atoms with Gasteiger partial charge in [0, 0.05) is 65.1 Å². The van der Waals surface area contributed by atoms with Crippen LogP contribution in [0, 0.1) is 0 Å². The zero-order chi connectivity index (χ0) is 30.0. The molecule has 4 aromatic heterocycles. The molecule has 5 heteroatoms. The Labute approximate surface area is 261 Å². The number of pyridine rings is 3. The van der Waals surface area contributed by atoms with Crippen LogP contribution in [0.4, 0.5) is 0 Å². The number of hydrogen-bond donors (Lipinski definition) is 0. The van der Waals surface area contributed by atoms with Crippen LogP contribution in [0.25, 0.3) is 72.6 Å². The first kappa shape index (κ1) is 26.4. The zero-order valence-electron chi connectivity index (χ0n) is 24.3. The summed E-state index contributed by atoms with van der Waals surface area (Å²) < 4.78 is 2.24. The summed E-state index contributed by atoms with van der Waals surface area (Å²) in [6, 6.07) is 44.3. The van der Waals surface area contributed by atoms with Crippen LogP contribution >= 0.6 is 0 Å². The Morgan fingerprint density at radius 3 is 1.31 bits per heavy atom. The number of hydrogen-bond acceptors (Lipinski definition) is 4. The largest absolute Gasteiger partial charge is 0.292 e. The maximum absolute atomic E-state index is 5.19. The molecule has 8 rings (SSSR count). The molecule has 5 nitrogen and oxygen atoms in total. The molecule has 0 bridgehead atoms. The van der Waals surface area contributed by atoms with Gasteiger partial charge in [-0.2, -0.15) is 0 Å². The molecule has 0 unspecified atom stereocenters. The molecule has 0 fully saturated rings. The molecule has 45 heavy (non-hydrogen) atoms. The van der Waals surface area contributed by atoms with E-state index >= 15 is 0 Å². The van der Waals surface area contributed by atoms with Gasteiger partial charge in [0.15, 0.2) is 0 Å². The lowest BCUT2D eigenvalue weighted by Gasteiger charge is -2.15. The van der Waals surface area contributed by atoms with Crippen LogP contribution in [0.15, 0.2) is 165 Å². The molecule has 4 aromatic carbocycles. The van der Waals surface area contributed by atoms with E-state index in [1.807, 2.05) is 48.9 Å². The Kier molecular flexibility index (Phi) is 6.74. The van der Waals surface area contributed by atoms with Crippen molar-refractivity contribution in [3.63, 3.8) is 0 Å². The van der Waals surface area contributed by atoms with Crippen molar-refractivity contribution in [2.75, 3.05) is 0 Å². The van der Waals surface area contributed by atoms with Gasteiger partial charge in [-0.15, -0.1) is 0 Å². The first-order valence-corrected chi connectivity index (χ1v) is 14.9. The molecule has 0 spiro atoms. The molecule has 0 aliphatic carbocycles.